The molecule has 1 amide bonds. The first-order valence-electron chi connectivity index (χ1n) is 9.04. The van der Waals surface area contributed by atoms with Crippen molar-refractivity contribution in [3.8, 4) is 5.75 Å². The van der Waals surface area contributed by atoms with Crippen LogP contribution in [0.15, 0.2) is 66.0 Å². The Morgan fingerprint density at radius 2 is 1.93 bits per heavy atom. The lowest BCUT2D eigenvalue weighted by Gasteiger charge is -2.09. The second kappa shape index (κ2) is 9.96. The normalized spacial score (nSPS) is 10.6. The number of benzene rings is 2. The molecule has 0 fully saturated rings. The monoisotopic (exact) mass is 397 g/mol. The van der Waals surface area contributed by atoms with Crippen LogP contribution in [0.1, 0.15) is 18.2 Å². The number of aliphatic hydroxyl groups excluding tert-OH is 1. The molecule has 2 aromatic carbocycles. The molecule has 6 nitrogen and oxygen atoms in total. The van der Waals surface area contributed by atoms with Crippen molar-refractivity contribution in [2.45, 2.75) is 25.2 Å². The molecule has 0 atom stereocenters. The largest absolute Gasteiger partial charge is 0.494 e. The molecule has 1 aromatic heterocycles. The van der Waals surface area contributed by atoms with Crippen molar-refractivity contribution >= 4 is 23.4 Å². The molecule has 146 valence electrons. The Morgan fingerprint density at radius 3 is 2.61 bits per heavy atom. The first-order valence-corrected chi connectivity index (χ1v) is 10.0. The summed E-state index contributed by atoms with van der Waals surface area (Å²) in [5, 5.41) is 13.0. The summed E-state index contributed by atoms with van der Waals surface area (Å²) in [5.41, 5.74) is 2.44. The molecule has 0 aliphatic heterocycles. The minimum absolute atomic E-state index is 0.117. The summed E-state index contributed by atoms with van der Waals surface area (Å²) in [7, 11) is 0. The molecule has 3 aromatic rings. The van der Waals surface area contributed by atoms with E-state index in [-0.39, 0.29) is 18.3 Å². The van der Waals surface area contributed by atoms with E-state index in [0.29, 0.717) is 24.0 Å². The first kappa shape index (κ1) is 20.0. The number of nitrogens with zero attached hydrogens (tertiary/aromatic N) is 2. The quantitative estimate of drug-likeness (QED) is 0.540. The van der Waals surface area contributed by atoms with Gasteiger partial charge in [0.25, 0.3) is 0 Å². The summed E-state index contributed by atoms with van der Waals surface area (Å²) in [6, 6.07) is 17.3. The third-order valence-electron chi connectivity index (χ3n) is 3.93. The average molecular weight is 398 g/mol. The van der Waals surface area contributed by atoms with E-state index in [1.54, 1.807) is 0 Å². The van der Waals surface area contributed by atoms with Gasteiger partial charge in [0.2, 0.25) is 5.91 Å². The number of hydrogen-bond donors (Lipinski definition) is 2. The summed E-state index contributed by atoms with van der Waals surface area (Å²) in [5.74, 6) is 0.882. The summed E-state index contributed by atoms with van der Waals surface area (Å²) < 4.78 is 7.35. The molecule has 0 radical (unpaired) electrons. The van der Waals surface area contributed by atoms with Crippen LogP contribution in [0.3, 0.4) is 0 Å². The smallest absolute Gasteiger partial charge is 0.234 e. The summed E-state index contributed by atoms with van der Waals surface area (Å²) >= 11 is 1.35. The van der Waals surface area contributed by atoms with Crippen LogP contribution in [-0.4, -0.2) is 32.9 Å². The minimum Gasteiger partial charge on any atom is -0.494 e. The number of anilines is 1. The van der Waals surface area contributed by atoms with Gasteiger partial charge in [-0.05, 0) is 36.8 Å². The number of imidazole rings is 1. The molecular formula is C21H23N3O3S. The standard InChI is InChI=1S/C21H23N3O3S/c1-2-27-19-10-8-17(9-11-19)22-20(26)15-28-21-23-18(14-25)13-24(21)12-16-6-4-3-5-7-16/h3-11,13,25H,2,12,14-15H2,1H3,(H,22,26). The van der Waals surface area contributed by atoms with Crippen LogP contribution in [0, 0.1) is 0 Å². The van der Waals surface area contributed by atoms with Gasteiger partial charge in [0.05, 0.1) is 24.7 Å². The molecule has 0 aliphatic rings. The van der Waals surface area contributed by atoms with Crippen LogP contribution in [0.4, 0.5) is 5.69 Å². The first-order chi connectivity index (χ1) is 13.7. The average Bonchev–Trinajstić information content (AvgIpc) is 3.11. The number of amides is 1. The van der Waals surface area contributed by atoms with Crippen LogP contribution >= 0.6 is 11.8 Å². The molecule has 3 rings (SSSR count). The Morgan fingerprint density at radius 1 is 1.18 bits per heavy atom. The maximum atomic E-state index is 12.3. The number of carbonyl (C=O) groups excluding carboxylic acids is 1. The molecule has 0 bridgehead atoms. The van der Waals surface area contributed by atoms with Gasteiger partial charge in [-0.25, -0.2) is 4.98 Å². The van der Waals surface area contributed by atoms with E-state index >= 15 is 0 Å². The highest BCUT2D eigenvalue weighted by molar-refractivity contribution is 7.99. The number of hydrogen-bond acceptors (Lipinski definition) is 5. The molecule has 28 heavy (non-hydrogen) atoms. The Kier molecular flexibility index (Phi) is 7.11. The maximum absolute atomic E-state index is 12.3. The lowest BCUT2D eigenvalue weighted by Crippen LogP contribution is -2.14. The fourth-order valence-electron chi connectivity index (χ4n) is 2.66. The van der Waals surface area contributed by atoms with E-state index in [4.69, 9.17) is 4.74 Å². The van der Waals surface area contributed by atoms with Gasteiger partial charge in [-0.15, -0.1) is 0 Å². The zero-order valence-corrected chi connectivity index (χ0v) is 16.5. The van der Waals surface area contributed by atoms with Crippen molar-refractivity contribution in [3.63, 3.8) is 0 Å². The lowest BCUT2D eigenvalue weighted by molar-refractivity contribution is -0.113. The highest BCUT2D eigenvalue weighted by Crippen LogP contribution is 2.21. The highest BCUT2D eigenvalue weighted by Gasteiger charge is 2.11. The van der Waals surface area contributed by atoms with Gasteiger partial charge >= 0.3 is 0 Å². The van der Waals surface area contributed by atoms with Crippen molar-refractivity contribution in [1.82, 2.24) is 9.55 Å². The van der Waals surface area contributed by atoms with E-state index in [1.807, 2.05) is 72.3 Å². The topological polar surface area (TPSA) is 76.4 Å². The van der Waals surface area contributed by atoms with Crippen molar-refractivity contribution in [1.29, 1.82) is 0 Å². The van der Waals surface area contributed by atoms with Gasteiger partial charge in [-0.1, -0.05) is 42.1 Å². The van der Waals surface area contributed by atoms with Gasteiger partial charge in [0.1, 0.15) is 5.75 Å². The van der Waals surface area contributed by atoms with Gasteiger partial charge in [-0.2, -0.15) is 0 Å². The molecule has 7 heteroatoms. The fraction of sp³-hybridized carbons (Fsp3) is 0.238. The molecule has 0 spiro atoms. The van der Waals surface area contributed by atoms with Crippen LogP contribution < -0.4 is 10.1 Å². The zero-order chi connectivity index (χ0) is 19.8. The summed E-state index contributed by atoms with van der Waals surface area (Å²) in [6.07, 6.45) is 1.82. The van der Waals surface area contributed by atoms with E-state index in [0.717, 1.165) is 17.0 Å². The van der Waals surface area contributed by atoms with Gasteiger partial charge in [-0.3, -0.25) is 4.79 Å². The molecule has 0 unspecified atom stereocenters. The predicted molar refractivity (Wildman–Crippen MR) is 111 cm³/mol. The zero-order valence-electron chi connectivity index (χ0n) is 15.7. The van der Waals surface area contributed by atoms with Crippen LogP contribution in [0.25, 0.3) is 0 Å². The number of rotatable bonds is 9. The lowest BCUT2D eigenvalue weighted by atomic mass is 10.2. The highest BCUT2D eigenvalue weighted by atomic mass is 32.2. The van der Waals surface area contributed by atoms with Gasteiger partial charge in [0, 0.05) is 18.4 Å². The molecule has 0 aliphatic carbocycles. The minimum atomic E-state index is -0.131. The van der Waals surface area contributed by atoms with E-state index in [9.17, 15) is 9.90 Å². The third kappa shape index (κ3) is 5.61. The third-order valence-corrected chi connectivity index (χ3v) is 4.92. The number of aromatic nitrogens is 2. The molecule has 0 saturated carbocycles. The van der Waals surface area contributed by atoms with E-state index in [2.05, 4.69) is 10.3 Å². The van der Waals surface area contributed by atoms with Gasteiger partial charge < -0.3 is 19.7 Å². The molecule has 0 saturated heterocycles. The van der Waals surface area contributed by atoms with Crippen LogP contribution in [-0.2, 0) is 17.9 Å². The van der Waals surface area contributed by atoms with Crippen molar-refractivity contribution < 1.29 is 14.6 Å². The SMILES string of the molecule is CCOc1ccc(NC(=O)CSc2nc(CO)cn2Cc2ccccc2)cc1. The number of ether oxygens (including phenoxy) is 1. The number of carbonyl (C=O) groups is 1. The van der Waals surface area contributed by atoms with Crippen molar-refractivity contribution in [2.75, 3.05) is 17.7 Å². The fourth-order valence-corrected chi connectivity index (χ4v) is 3.46. The molecular weight excluding hydrogens is 374 g/mol. The van der Waals surface area contributed by atoms with E-state index in [1.165, 1.54) is 11.8 Å². The van der Waals surface area contributed by atoms with E-state index < -0.39 is 0 Å². The predicted octanol–water partition coefficient (Wildman–Crippen LogP) is 3.55. The maximum Gasteiger partial charge on any atom is 0.234 e. The second-order valence-corrected chi connectivity index (χ2v) is 7.02. The van der Waals surface area contributed by atoms with Crippen molar-refractivity contribution in [2.24, 2.45) is 0 Å². The number of aliphatic hydroxyl groups is 1. The van der Waals surface area contributed by atoms with Crippen molar-refractivity contribution in [3.05, 3.63) is 72.1 Å². The molecule has 1 heterocycles. The summed E-state index contributed by atoms with van der Waals surface area (Å²) in [4.78, 5) is 16.7. The number of nitrogens with one attached hydrogen (secondary N) is 1. The second-order valence-electron chi connectivity index (χ2n) is 6.08. The van der Waals surface area contributed by atoms with Crippen LogP contribution in [0.5, 0.6) is 5.75 Å². The number of thioether (sulfide) groups is 1. The van der Waals surface area contributed by atoms with Crippen LogP contribution in [0.2, 0.25) is 0 Å². The summed E-state index contributed by atoms with van der Waals surface area (Å²) in [6.45, 7) is 3.04. The van der Waals surface area contributed by atoms with Gasteiger partial charge in [0.15, 0.2) is 5.16 Å². The Hall–Kier alpha value is -2.77. The Labute approximate surface area is 168 Å². The molecule has 2 N–H and O–H groups in total. The Balaban J connectivity index is 1.60. The Bertz CT molecular complexity index is 895.